The standard InChI is InChI=1S/C22H24F2N2O2/c1-5-7-8-19(17-11-13-26(14-12-17)21(27)6-2)16(3)28-18-9-10-20(25-15-18)22(4,23)24/h5-11,15H,2-3,12-14H2,1,4H3/b7-5-,19-8+. The molecular weight excluding hydrogens is 362 g/mol. The summed E-state index contributed by atoms with van der Waals surface area (Å²) in [6.45, 7) is 11.2. The number of aromatic nitrogens is 1. The van der Waals surface area contributed by atoms with Crippen LogP contribution < -0.4 is 4.74 Å². The molecule has 0 spiro atoms. The number of halogens is 2. The Morgan fingerprint density at radius 1 is 1.39 bits per heavy atom. The van der Waals surface area contributed by atoms with Crippen molar-refractivity contribution in [3.63, 3.8) is 0 Å². The molecule has 0 saturated heterocycles. The Balaban J connectivity index is 2.17. The zero-order chi connectivity index (χ0) is 20.7. The first kappa shape index (κ1) is 21.3. The second-order valence-electron chi connectivity index (χ2n) is 6.37. The minimum absolute atomic E-state index is 0.108. The first-order valence-corrected chi connectivity index (χ1v) is 8.91. The van der Waals surface area contributed by atoms with Gasteiger partial charge in [-0.2, -0.15) is 8.78 Å². The van der Waals surface area contributed by atoms with E-state index in [1.54, 1.807) is 4.90 Å². The number of alkyl halides is 2. The third kappa shape index (κ3) is 5.49. The Hall–Kier alpha value is -3.02. The summed E-state index contributed by atoms with van der Waals surface area (Å²) in [5, 5.41) is 0. The zero-order valence-electron chi connectivity index (χ0n) is 16.1. The van der Waals surface area contributed by atoms with Crippen molar-refractivity contribution >= 4 is 5.91 Å². The highest BCUT2D eigenvalue weighted by Gasteiger charge is 2.26. The Labute approximate surface area is 164 Å². The summed E-state index contributed by atoms with van der Waals surface area (Å²) < 4.78 is 32.3. The van der Waals surface area contributed by atoms with Crippen molar-refractivity contribution in [2.45, 2.75) is 26.2 Å². The lowest BCUT2D eigenvalue weighted by atomic mass is 9.97. The van der Waals surface area contributed by atoms with E-state index in [2.05, 4.69) is 18.1 Å². The van der Waals surface area contributed by atoms with Gasteiger partial charge in [0.1, 0.15) is 17.2 Å². The fraction of sp³-hybridized carbons (Fsp3) is 0.273. The van der Waals surface area contributed by atoms with Crippen molar-refractivity contribution in [3.8, 4) is 5.75 Å². The first-order chi connectivity index (χ1) is 13.3. The highest BCUT2D eigenvalue weighted by molar-refractivity contribution is 5.87. The van der Waals surface area contributed by atoms with Crippen molar-refractivity contribution in [2.75, 3.05) is 13.1 Å². The van der Waals surface area contributed by atoms with Gasteiger partial charge in [-0.15, -0.1) is 0 Å². The third-order valence-electron chi connectivity index (χ3n) is 4.22. The van der Waals surface area contributed by atoms with Crippen LogP contribution in [0.4, 0.5) is 8.78 Å². The van der Waals surface area contributed by atoms with Crippen molar-refractivity contribution < 1.29 is 18.3 Å². The molecule has 1 aliphatic rings. The molecule has 28 heavy (non-hydrogen) atoms. The molecular formula is C22H24F2N2O2. The zero-order valence-corrected chi connectivity index (χ0v) is 16.1. The van der Waals surface area contributed by atoms with Crippen LogP contribution in [0.5, 0.6) is 5.75 Å². The second kappa shape index (κ2) is 9.26. The molecule has 148 valence electrons. The van der Waals surface area contributed by atoms with E-state index in [1.165, 1.54) is 24.4 Å². The van der Waals surface area contributed by atoms with Crippen LogP contribution in [-0.2, 0) is 10.7 Å². The van der Waals surface area contributed by atoms with Crippen LogP contribution >= 0.6 is 0 Å². The minimum atomic E-state index is -3.01. The molecule has 2 heterocycles. The van der Waals surface area contributed by atoms with Gasteiger partial charge in [-0.1, -0.05) is 37.5 Å². The Morgan fingerprint density at radius 2 is 2.14 bits per heavy atom. The van der Waals surface area contributed by atoms with Gasteiger partial charge in [-0.3, -0.25) is 9.78 Å². The summed E-state index contributed by atoms with van der Waals surface area (Å²) >= 11 is 0. The third-order valence-corrected chi connectivity index (χ3v) is 4.22. The van der Waals surface area contributed by atoms with Crippen LogP contribution in [0.15, 0.2) is 78.8 Å². The smallest absolute Gasteiger partial charge is 0.286 e. The number of hydrogen-bond acceptors (Lipinski definition) is 3. The lowest BCUT2D eigenvalue weighted by Gasteiger charge is -2.27. The van der Waals surface area contributed by atoms with Crippen LogP contribution in [0.3, 0.4) is 0 Å². The number of carbonyl (C=O) groups is 1. The van der Waals surface area contributed by atoms with Crippen molar-refractivity contribution in [2.24, 2.45) is 0 Å². The quantitative estimate of drug-likeness (QED) is 0.379. The van der Waals surface area contributed by atoms with E-state index in [0.29, 0.717) is 31.0 Å². The maximum absolute atomic E-state index is 13.3. The molecule has 0 bridgehead atoms. The molecule has 0 N–H and O–H groups in total. The predicted molar refractivity (Wildman–Crippen MR) is 106 cm³/mol. The Morgan fingerprint density at radius 3 is 2.64 bits per heavy atom. The van der Waals surface area contributed by atoms with Crippen LogP contribution in [0, 0.1) is 0 Å². The SMILES string of the molecule is C=CC(=O)N1CC=C(/C(=C/C=C\C)C(=C)Oc2ccc(C(C)(F)F)nc2)CC1. The van der Waals surface area contributed by atoms with E-state index < -0.39 is 5.92 Å². The molecule has 0 saturated carbocycles. The summed E-state index contributed by atoms with van der Waals surface area (Å²) in [6, 6.07) is 2.68. The summed E-state index contributed by atoms with van der Waals surface area (Å²) in [6.07, 6.45) is 10.8. The minimum Gasteiger partial charge on any atom is -0.456 e. The molecule has 0 fully saturated rings. The fourth-order valence-corrected chi connectivity index (χ4v) is 2.71. The molecule has 2 rings (SSSR count). The van der Waals surface area contributed by atoms with Gasteiger partial charge in [0.15, 0.2) is 0 Å². The number of carbonyl (C=O) groups excluding carboxylic acids is 1. The number of nitrogens with zero attached hydrogens (tertiary/aromatic N) is 2. The number of amides is 1. The first-order valence-electron chi connectivity index (χ1n) is 8.91. The largest absolute Gasteiger partial charge is 0.456 e. The van der Waals surface area contributed by atoms with Gasteiger partial charge < -0.3 is 9.64 Å². The van der Waals surface area contributed by atoms with E-state index in [0.717, 1.165) is 18.1 Å². The van der Waals surface area contributed by atoms with E-state index in [-0.39, 0.29) is 11.6 Å². The molecule has 0 atom stereocenters. The molecule has 0 unspecified atom stereocenters. The molecule has 0 aromatic carbocycles. The number of hydrogen-bond donors (Lipinski definition) is 0. The van der Waals surface area contributed by atoms with Gasteiger partial charge in [0.25, 0.3) is 5.92 Å². The number of allylic oxidation sites excluding steroid dienone is 4. The maximum Gasteiger partial charge on any atom is 0.286 e. The Kier molecular flexibility index (Phi) is 7.04. The maximum atomic E-state index is 13.3. The van der Waals surface area contributed by atoms with Gasteiger partial charge in [0.05, 0.1) is 6.20 Å². The van der Waals surface area contributed by atoms with E-state index >= 15 is 0 Å². The van der Waals surface area contributed by atoms with Crippen molar-refractivity contribution in [1.82, 2.24) is 9.88 Å². The van der Waals surface area contributed by atoms with Gasteiger partial charge in [-0.25, -0.2) is 0 Å². The summed E-state index contributed by atoms with van der Waals surface area (Å²) in [7, 11) is 0. The van der Waals surface area contributed by atoms with Gasteiger partial charge in [0, 0.05) is 25.6 Å². The number of pyridine rings is 1. The van der Waals surface area contributed by atoms with Gasteiger partial charge >= 0.3 is 0 Å². The van der Waals surface area contributed by atoms with E-state index in [1.807, 2.05) is 31.2 Å². The number of rotatable bonds is 7. The van der Waals surface area contributed by atoms with Crippen LogP contribution in [0.1, 0.15) is 26.0 Å². The number of ether oxygens (including phenoxy) is 1. The summed E-state index contributed by atoms with van der Waals surface area (Å²) in [5.74, 6) is -2.41. The Bertz CT molecular complexity index is 831. The van der Waals surface area contributed by atoms with Crippen molar-refractivity contribution in [1.29, 1.82) is 0 Å². The van der Waals surface area contributed by atoms with E-state index in [9.17, 15) is 13.6 Å². The molecule has 1 aromatic rings. The van der Waals surface area contributed by atoms with Gasteiger partial charge in [-0.05, 0) is 37.1 Å². The monoisotopic (exact) mass is 386 g/mol. The van der Waals surface area contributed by atoms with Gasteiger partial charge in [0.2, 0.25) is 5.91 Å². The molecule has 4 nitrogen and oxygen atoms in total. The van der Waals surface area contributed by atoms with Crippen LogP contribution in [-0.4, -0.2) is 28.9 Å². The van der Waals surface area contributed by atoms with E-state index in [4.69, 9.17) is 4.74 Å². The topological polar surface area (TPSA) is 42.4 Å². The predicted octanol–water partition coefficient (Wildman–Crippen LogP) is 4.93. The summed E-state index contributed by atoms with van der Waals surface area (Å²) in [5.41, 5.74) is 1.46. The average Bonchev–Trinajstić information content (AvgIpc) is 2.68. The highest BCUT2D eigenvalue weighted by Crippen LogP contribution is 2.29. The molecule has 6 heteroatoms. The molecule has 1 aromatic heterocycles. The molecule has 1 aliphatic heterocycles. The molecule has 1 amide bonds. The molecule has 0 aliphatic carbocycles. The van der Waals surface area contributed by atoms with Crippen molar-refractivity contribution in [3.05, 3.63) is 84.5 Å². The average molecular weight is 386 g/mol. The highest BCUT2D eigenvalue weighted by atomic mass is 19.3. The fourth-order valence-electron chi connectivity index (χ4n) is 2.71. The van der Waals surface area contributed by atoms with Crippen LogP contribution in [0.25, 0.3) is 0 Å². The lowest BCUT2D eigenvalue weighted by Crippen LogP contribution is -2.33. The summed E-state index contributed by atoms with van der Waals surface area (Å²) in [4.78, 5) is 17.2. The van der Waals surface area contributed by atoms with Crippen LogP contribution in [0.2, 0.25) is 0 Å². The normalized spacial score (nSPS) is 15.4. The molecule has 0 radical (unpaired) electrons. The second-order valence-corrected chi connectivity index (χ2v) is 6.37. The lowest BCUT2D eigenvalue weighted by molar-refractivity contribution is -0.125.